The fraction of sp³-hybridized carbons (Fsp3) is 0.424. The minimum absolute atomic E-state index is 0.129. The number of hydrogen-bond acceptors (Lipinski definition) is 9. The van der Waals surface area contributed by atoms with Gasteiger partial charge in [0.05, 0.1) is 47.3 Å². The van der Waals surface area contributed by atoms with Crippen LogP contribution in [0.15, 0.2) is 57.9 Å². The number of carbonyl (C=O) groups excluding carboxylic acids is 1. The number of carbonyl (C=O) groups is 1. The number of urea groups is 1. The van der Waals surface area contributed by atoms with Crippen LogP contribution in [0.25, 0.3) is 0 Å². The monoisotopic (exact) mass is 720 g/mol. The molecule has 1 aliphatic heterocycles. The molecule has 9 nitrogen and oxygen atoms in total. The molecular weight excluding hydrogens is 680 g/mol. The van der Waals surface area contributed by atoms with Gasteiger partial charge in [0.2, 0.25) is 5.75 Å². The summed E-state index contributed by atoms with van der Waals surface area (Å²) in [6.07, 6.45) is 3.38. The molecule has 4 rings (SSSR count). The Labute approximate surface area is 282 Å². The van der Waals surface area contributed by atoms with Gasteiger partial charge in [-0.1, -0.05) is 25.5 Å². The molecule has 244 valence electrons. The van der Waals surface area contributed by atoms with Gasteiger partial charge in [0.1, 0.15) is 0 Å². The van der Waals surface area contributed by atoms with E-state index >= 15 is 0 Å². The summed E-state index contributed by atoms with van der Waals surface area (Å²) in [4.78, 5) is 14.1. The SMILES string of the molecule is CCCCN(O)C(=O)Nc1cc(C2CCC(c3cc(OC)c(OC)c(OC)c3)S2)cc(OC)c1OCCSc1ccccc1Br. The molecule has 12 heteroatoms. The Morgan fingerprint density at radius 3 is 2.13 bits per heavy atom. The van der Waals surface area contributed by atoms with Gasteiger partial charge in [-0.2, -0.15) is 0 Å². The van der Waals surface area contributed by atoms with Crippen LogP contribution >= 0.6 is 39.5 Å². The summed E-state index contributed by atoms with van der Waals surface area (Å²) in [5, 5.41) is 14.3. The molecule has 2 N–H and O–H groups in total. The Morgan fingerprint density at radius 1 is 0.956 bits per heavy atom. The highest BCUT2D eigenvalue weighted by atomic mass is 79.9. The number of hydrogen-bond donors (Lipinski definition) is 2. The highest BCUT2D eigenvalue weighted by Gasteiger charge is 2.31. The van der Waals surface area contributed by atoms with E-state index in [0.717, 1.165) is 39.8 Å². The van der Waals surface area contributed by atoms with Crippen molar-refractivity contribution >= 4 is 51.2 Å². The molecule has 2 unspecified atom stereocenters. The van der Waals surface area contributed by atoms with Crippen molar-refractivity contribution in [1.29, 1.82) is 0 Å². The van der Waals surface area contributed by atoms with Gasteiger partial charge < -0.3 is 29.0 Å². The smallest absolute Gasteiger partial charge is 0.345 e. The number of unbranched alkanes of at least 4 members (excludes halogenated alkanes) is 1. The molecule has 1 fully saturated rings. The van der Waals surface area contributed by atoms with E-state index in [0.29, 0.717) is 58.3 Å². The second-order valence-corrected chi connectivity index (χ2v) is 13.7. The maximum Gasteiger partial charge on any atom is 0.345 e. The van der Waals surface area contributed by atoms with E-state index < -0.39 is 6.03 Å². The zero-order valence-corrected chi connectivity index (χ0v) is 29.5. The zero-order chi connectivity index (χ0) is 32.3. The first-order valence-corrected chi connectivity index (χ1v) is 17.5. The van der Waals surface area contributed by atoms with Gasteiger partial charge in [-0.3, -0.25) is 5.21 Å². The summed E-state index contributed by atoms with van der Waals surface area (Å²) < 4.78 is 29.8. The number of nitrogens with zero attached hydrogens (tertiary/aromatic N) is 1. The number of ether oxygens (including phenoxy) is 5. The van der Waals surface area contributed by atoms with E-state index in [9.17, 15) is 10.0 Å². The van der Waals surface area contributed by atoms with Gasteiger partial charge in [-0.25, -0.2) is 9.86 Å². The van der Waals surface area contributed by atoms with E-state index in [1.807, 2.05) is 67.2 Å². The third-order valence-electron chi connectivity index (χ3n) is 7.37. The summed E-state index contributed by atoms with van der Waals surface area (Å²) in [5.41, 5.74) is 2.54. The predicted molar refractivity (Wildman–Crippen MR) is 184 cm³/mol. The standard InChI is InChI=1S/C33H41BrN2O7S2/c1-6-7-14-36(38)33(37)35-24-17-21(18-25(39-2)31(24)43-15-16-44-30-11-9-8-10-23(30)34)28-12-13-29(45-28)22-19-26(40-3)32(42-5)27(20-22)41-4/h8-11,17-20,28-29,38H,6-7,12-16H2,1-5H3,(H,35,37). The summed E-state index contributed by atoms with van der Waals surface area (Å²) in [6.45, 7) is 2.61. The van der Waals surface area contributed by atoms with Crippen molar-refractivity contribution in [2.75, 3.05) is 52.7 Å². The van der Waals surface area contributed by atoms with Crippen molar-refractivity contribution < 1.29 is 33.7 Å². The average molecular weight is 722 g/mol. The Bertz CT molecular complexity index is 1420. The van der Waals surface area contributed by atoms with E-state index in [1.54, 1.807) is 40.2 Å². The van der Waals surface area contributed by atoms with E-state index in [-0.39, 0.29) is 17.0 Å². The Morgan fingerprint density at radius 2 is 1.56 bits per heavy atom. The van der Waals surface area contributed by atoms with Crippen molar-refractivity contribution in [1.82, 2.24) is 5.06 Å². The second kappa shape index (κ2) is 17.1. The van der Waals surface area contributed by atoms with Crippen LogP contribution in [-0.4, -0.2) is 63.6 Å². The lowest BCUT2D eigenvalue weighted by Gasteiger charge is -2.22. The van der Waals surface area contributed by atoms with E-state index in [1.165, 1.54) is 0 Å². The summed E-state index contributed by atoms with van der Waals surface area (Å²) in [7, 11) is 6.42. The molecule has 2 atom stereocenters. The Balaban J connectivity index is 1.58. The van der Waals surface area contributed by atoms with Gasteiger partial charge in [0, 0.05) is 25.6 Å². The number of hydroxylamine groups is 2. The number of thioether (sulfide) groups is 2. The van der Waals surface area contributed by atoms with Gasteiger partial charge in [-0.05, 0) is 82.7 Å². The number of amides is 2. The van der Waals surface area contributed by atoms with Crippen molar-refractivity contribution in [2.45, 2.75) is 48.0 Å². The molecule has 1 aliphatic rings. The Kier molecular flexibility index (Phi) is 13.3. The fourth-order valence-electron chi connectivity index (χ4n) is 5.06. The van der Waals surface area contributed by atoms with Crippen LogP contribution in [0, 0.1) is 0 Å². The number of nitrogens with one attached hydrogen (secondary N) is 1. The van der Waals surface area contributed by atoms with Crippen molar-refractivity contribution in [3.8, 4) is 28.7 Å². The molecule has 0 saturated carbocycles. The first-order valence-electron chi connectivity index (χ1n) is 14.8. The molecule has 0 bridgehead atoms. The van der Waals surface area contributed by atoms with Crippen LogP contribution in [0.4, 0.5) is 10.5 Å². The lowest BCUT2D eigenvalue weighted by Crippen LogP contribution is -2.33. The minimum Gasteiger partial charge on any atom is -0.493 e. The molecule has 1 heterocycles. The lowest BCUT2D eigenvalue weighted by molar-refractivity contribution is -0.0379. The second-order valence-electron chi connectivity index (χ2n) is 10.3. The van der Waals surface area contributed by atoms with E-state index in [2.05, 4.69) is 21.2 Å². The summed E-state index contributed by atoms with van der Waals surface area (Å²) >= 11 is 7.08. The molecule has 1 saturated heterocycles. The predicted octanol–water partition coefficient (Wildman–Crippen LogP) is 8.99. The van der Waals surface area contributed by atoms with Crippen LogP contribution in [-0.2, 0) is 0 Å². The topological polar surface area (TPSA) is 98.7 Å². The molecule has 0 radical (unpaired) electrons. The van der Waals surface area contributed by atoms with Crippen LogP contribution in [0.1, 0.15) is 54.2 Å². The lowest BCUT2D eigenvalue weighted by atomic mass is 10.0. The van der Waals surface area contributed by atoms with Gasteiger partial charge >= 0.3 is 6.03 Å². The molecule has 3 aromatic rings. The number of anilines is 1. The molecule has 2 amide bonds. The largest absolute Gasteiger partial charge is 0.493 e. The van der Waals surface area contributed by atoms with E-state index in [4.69, 9.17) is 23.7 Å². The average Bonchev–Trinajstić information content (AvgIpc) is 3.56. The van der Waals surface area contributed by atoms with Gasteiger partial charge in [-0.15, -0.1) is 23.5 Å². The first-order chi connectivity index (χ1) is 21.8. The van der Waals surface area contributed by atoms with Crippen LogP contribution in [0.3, 0.4) is 0 Å². The number of methoxy groups -OCH3 is 4. The molecule has 0 aromatic heterocycles. The molecular formula is C33H41BrN2O7S2. The third kappa shape index (κ3) is 8.87. The minimum atomic E-state index is -0.621. The molecule has 0 spiro atoms. The third-order valence-corrected chi connectivity index (χ3v) is 11.0. The van der Waals surface area contributed by atoms with Crippen LogP contribution in [0.2, 0.25) is 0 Å². The number of halogens is 1. The normalized spacial score (nSPS) is 15.8. The van der Waals surface area contributed by atoms with Crippen LogP contribution in [0.5, 0.6) is 28.7 Å². The van der Waals surface area contributed by atoms with Crippen LogP contribution < -0.4 is 29.0 Å². The van der Waals surface area contributed by atoms with Gasteiger partial charge in [0.15, 0.2) is 23.0 Å². The quantitative estimate of drug-likeness (QED) is 0.0690. The summed E-state index contributed by atoms with van der Waals surface area (Å²) in [6, 6.07) is 15.3. The molecule has 3 aromatic carbocycles. The fourth-order valence-corrected chi connectivity index (χ4v) is 7.99. The van der Waals surface area contributed by atoms with Crippen molar-refractivity contribution in [3.63, 3.8) is 0 Å². The number of rotatable bonds is 15. The zero-order valence-electron chi connectivity index (χ0n) is 26.3. The number of benzene rings is 3. The maximum absolute atomic E-state index is 13.0. The highest BCUT2D eigenvalue weighted by molar-refractivity contribution is 9.10. The Hall–Kier alpha value is -2.93. The first kappa shape index (κ1) is 34.9. The maximum atomic E-state index is 13.0. The summed E-state index contributed by atoms with van der Waals surface area (Å²) in [5.74, 6) is 3.44. The molecule has 0 aliphatic carbocycles. The van der Waals surface area contributed by atoms with Gasteiger partial charge in [0.25, 0.3) is 0 Å². The molecule has 45 heavy (non-hydrogen) atoms. The highest BCUT2D eigenvalue weighted by Crippen LogP contribution is 2.56. The van der Waals surface area contributed by atoms with Crippen molar-refractivity contribution in [3.05, 3.63) is 64.1 Å². The van der Waals surface area contributed by atoms with Crippen molar-refractivity contribution in [2.24, 2.45) is 0 Å².